The number of H-pyrrole nitrogens is 1. The minimum Gasteiger partial charge on any atom is -0.382 e. The summed E-state index contributed by atoms with van der Waals surface area (Å²) >= 11 is 0. The van der Waals surface area contributed by atoms with Gasteiger partial charge in [0.05, 0.1) is 17.4 Å². The highest BCUT2D eigenvalue weighted by Gasteiger charge is 2.29. The summed E-state index contributed by atoms with van der Waals surface area (Å²) in [6.07, 6.45) is 1.51. The Bertz CT molecular complexity index is 1880. The fraction of sp³-hybridized carbons (Fsp3) is 0. The van der Waals surface area contributed by atoms with Crippen molar-refractivity contribution in [3.8, 4) is 0 Å². The Morgan fingerprint density at radius 3 is 1.71 bits per heavy atom. The number of nitrogens with two attached hydrogens (primary N) is 1. The van der Waals surface area contributed by atoms with Crippen LogP contribution in [-0.4, -0.2) is 15.0 Å². The fourth-order valence-corrected chi connectivity index (χ4v) is 10.7. The maximum Gasteiger partial charge on any atom is 0.152 e. The van der Waals surface area contributed by atoms with Crippen LogP contribution in [0.25, 0.3) is 21.9 Å². The predicted molar refractivity (Wildman–Crippen MR) is 160 cm³/mol. The van der Waals surface area contributed by atoms with Crippen molar-refractivity contribution in [2.24, 2.45) is 0 Å². The van der Waals surface area contributed by atoms with Crippen molar-refractivity contribution in [3.63, 3.8) is 0 Å². The van der Waals surface area contributed by atoms with E-state index >= 15 is 0 Å². The summed E-state index contributed by atoms with van der Waals surface area (Å²) in [6, 6.07) is 28.9. The Morgan fingerprint density at radius 1 is 0.658 bits per heavy atom. The third-order valence-electron chi connectivity index (χ3n) is 6.49. The van der Waals surface area contributed by atoms with Gasteiger partial charge in [0.1, 0.15) is 28.9 Å². The second-order valence-corrected chi connectivity index (χ2v) is 14.0. The van der Waals surface area contributed by atoms with Gasteiger partial charge in [0.25, 0.3) is 0 Å². The topological polar surface area (TPSA) is 119 Å². The Kier molecular flexibility index (Phi) is 6.59. The molecule has 6 rings (SSSR count). The average Bonchev–Trinajstić information content (AvgIpc) is 3.47. The van der Waals surface area contributed by atoms with Crippen LogP contribution in [0.4, 0.5) is 5.82 Å². The molecule has 0 fully saturated rings. The Balaban J connectivity index is 1.79. The molecule has 0 saturated carbocycles. The number of hydrogen-bond donors (Lipinski definition) is 2. The molecule has 0 spiro atoms. The molecule has 6 aromatic rings. The van der Waals surface area contributed by atoms with E-state index in [0.29, 0.717) is 53.8 Å². The van der Waals surface area contributed by atoms with E-state index in [1.54, 1.807) is 42.5 Å². The van der Waals surface area contributed by atoms with E-state index in [0.717, 1.165) is 0 Å². The van der Waals surface area contributed by atoms with Crippen LogP contribution < -0.4 is 37.6 Å². The summed E-state index contributed by atoms with van der Waals surface area (Å²) in [5.41, 5.74) is 7.67. The first-order valence-electron chi connectivity index (χ1n) is 11.9. The van der Waals surface area contributed by atoms with Gasteiger partial charge in [-0.05, 0) is 6.07 Å². The number of pyridine rings is 1. The van der Waals surface area contributed by atoms with Crippen LogP contribution in [0.3, 0.4) is 0 Å². The molecule has 2 heterocycles. The largest absolute Gasteiger partial charge is 0.382 e. The second kappa shape index (κ2) is 10.2. The summed E-state index contributed by atoms with van der Waals surface area (Å²) in [5.74, 6) is 0.202. The first-order valence-corrected chi connectivity index (χ1v) is 16.2. The molecule has 0 amide bonds. The van der Waals surface area contributed by atoms with Gasteiger partial charge in [0.15, 0.2) is 5.82 Å². The molecule has 3 unspecified atom stereocenters. The highest BCUT2D eigenvalue weighted by Crippen LogP contribution is 2.35. The van der Waals surface area contributed by atoms with Crippen LogP contribution in [0.15, 0.2) is 103 Å². The molecule has 0 radical (unpaired) electrons. The Hall–Kier alpha value is -3.75. The van der Waals surface area contributed by atoms with Gasteiger partial charge in [0, 0.05) is 37.2 Å². The number of rotatable bonds is 6. The number of nitrogens with one attached hydrogen (secondary N) is 1. The van der Waals surface area contributed by atoms with Gasteiger partial charge in [0.2, 0.25) is 0 Å². The SMILES string of the molecule is Nc1nc2cc([PH](=O)c3ccccc3)c([PH](=O)c3ccccc3)c([PH](=O)c3ccccc3)c2c2[nH]cnc12. The predicted octanol–water partition coefficient (Wildman–Crippen LogP) is 3.22. The molecule has 0 aliphatic rings. The van der Waals surface area contributed by atoms with Crippen molar-refractivity contribution in [2.45, 2.75) is 0 Å². The van der Waals surface area contributed by atoms with Crippen LogP contribution in [0.5, 0.6) is 0 Å². The van der Waals surface area contributed by atoms with Crippen molar-refractivity contribution < 1.29 is 13.7 Å². The molecule has 3 atom stereocenters. The van der Waals surface area contributed by atoms with Gasteiger partial charge in [-0.2, -0.15) is 0 Å². The lowest BCUT2D eigenvalue weighted by Gasteiger charge is -2.19. The van der Waals surface area contributed by atoms with E-state index in [9.17, 15) is 13.7 Å². The third-order valence-corrected chi connectivity index (χ3v) is 12.4. The molecule has 188 valence electrons. The Morgan fingerprint density at radius 2 is 1.16 bits per heavy atom. The van der Waals surface area contributed by atoms with Crippen LogP contribution in [0.1, 0.15) is 0 Å². The molecule has 0 aliphatic heterocycles. The third kappa shape index (κ3) is 4.23. The summed E-state index contributed by atoms with van der Waals surface area (Å²) in [7, 11) is -8.15. The fourth-order valence-electron chi connectivity index (χ4n) is 4.73. The van der Waals surface area contributed by atoms with Crippen molar-refractivity contribution in [3.05, 3.63) is 103 Å². The quantitative estimate of drug-likeness (QED) is 0.304. The summed E-state index contributed by atoms with van der Waals surface area (Å²) in [4.78, 5) is 12.0. The molecular weight excluding hydrogens is 533 g/mol. The van der Waals surface area contributed by atoms with Gasteiger partial charge in [-0.15, -0.1) is 0 Å². The van der Waals surface area contributed by atoms with E-state index in [1.165, 1.54) is 6.33 Å². The zero-order valence-electron chi connectivity index (χ0n) is 20.0. The number of nitrogen functional groups attached to an aromatic ring is 1. The maximum absolute atomic E-state index is 14.5. The number of aromatic nitrogens is 3. The van der Waals surface area contributed by atoms with E-state index < -0.39 is 23.4 Å². The standard InChI is InChI=1S/C28H23N4O3P3/c29-28-25-24(30-17-31-25)23-21(32-28)16-22(36(33)18-10-4-1-5-11-18)26(37(34)19-12-6-2-7-13-19)27(23)38(35)20-14-8-3-9-15-20/h1-17,36-38H,(H2,29,32)(H,30,31). The van der Waals surface area contributed by atoms with Crippen LogP contribution in [0, 0.1) is 0 Å². The zero-order chi connectivity index (χ0) is 26.2. The molecule has 0 bridgehead atoms. The maximum atomic E-state index is 14.5. The number of imidazole rings is 1. The number of aromatic amines is 1. The molecule has 10 heteroatoms. The molecule has 38 heavy (non-hydrogen) atoms. The lowest BCUT2D eigenvalue weighted by molar-refractivity contribution is 0.595. The first-order chi connectivity index (χ1) is 18.5. The summed E-state index contributed by atoms with van der Waals surface area (Å²) < 4.78 is 43.0. The van der Waals surface area contributed by atoms with Gasteiger partial charge in [-0.1, -0.05) is 91.0 Å². The first kappa shape index (κ1) is 24.6. The molecular formula is C28H23N4O3P3. The van der Waals surface area contributed by atoms with Crippen molar-refractivity contribution in [1.29, 1.82) is 0 Å². The number of anilines is 1. The molecule has 0 saturated heterocycles. The summed E-state index contributed by atoms with van der Waals surface area (Å²) in [6.45, 7) is 0. The smallest absolute Gasteiger partial charge is 0.152 e. The monoisotopic (exact) mass is 556 g/mol. The molecule has 7 nitrogen and oxygen atoms in total. The number of benzene rings is 4. The highest BCUT2D eigenvalue weighted by molar-refractivity contribution is 7.71. The van der Waals surface area contributed by atoms with Crippen LogP contribution in [-0.2, 0) is 13.7 Å². The van der Waals surface area contributed by atoms with Gasteiger partial charge < -0.3 is 24.4 Å². The van der Waals surface area contributed by atoms with E-state index in [2.05, 4.69) is 15.0 Å². The number of nitrogens with zero attached hydrogens (tertiary/aromatic N) is 2. The molecule has 2 aromatic heterocycles. The van der Waals surface area contributed by atoms with Crippen molar-refractivity contribution >= 4 is 83.0 Å². The van der Waals surface area contributed by atoms with Gasteiger partial charge in [-0.3, -0.25) is 0 Å². The van der Waals surface area contributed by atoms with Crippen LogP contribution >= 0.6 is 23.4 Å². The lowest BCUT2D eigenvalue weighted by atomic mass is 10.2. The minimum atomic E-state index is -2.75. The van der Waals surface area contributed by atoms with Crippen molar-refractivity contribution in [2.75, 3.05) is 5.73 Å². The summed E-state index contributed by atoms with van der Waals surface area (Å²) in [5, 5.41) is 3.47. The zero-order valence-corrected chi connectivity index (χ0v) is 23.0. The van der Waals surface area contributed by atoms with Crippen LogP contribution in [0.2, 0.25) is 0 Å². The van der Waals surface area contributed by atoms with Crippen molar-refractivity contribution in [1.82, 2.24) is 15.0 Å². The van der Waals surface area contributed by atoms with E-state index in [1.807, 2.05) is 54.6 Å². The molecule has 4 aromatic carbocycles. The Labute approximate surface area is 220 Å². The average molecular weight is 556 g/mol. The van der Waals surface area contributed by atoms with E-state index in [-0.39, 0.29) is 5.82 Å². The van der Waals surface area contributed by atoms with Gasteiger partial charge in [-0.25, -0.2) is 9.97 Å². The number of fused-ring (bicyclic) bond motifs is 3. The molecule has 3 N–H and O–H groups in total. The van der Waals surface area contributed by atoms with Gasteiger partial charge >= 0.3 is 0 Å². The lowest BCUT2D eigenvalue weighted by Crippen LogP contribution is -2.36. The highest BCUT2D eigenvalue weighted by atomic mass is 31.1. The molecule has 0 aliphatic carbocycles. The second-order valence-electron chi connectivity index (χ2n) is 8.78. The minimum absolute atomic E-state index is 0.202. The number of hydrogen-bond acceptors (Lipinski definition) is 6. The normalized spacial score (nSPS) is 13.9. The van der Waals surface area contributed by atoms with E-state index in [4.69, 9.17) is 5.73 Å².